The zero-order chi connectivity index (χ0) is 17.3. The average molecular weight is 340 g/mol. The lowest BCUT2D eigenvalue weighted by atomic mass is 10.2. The highest BCUT2D eigenvalue weighted by molar-refractivity contribution is 5.32. The molecular formula is C15H19F3N6. The molecule has 3 heterocycles. The molecule has 0 aliphatic carbocycles. The zero-order valence-corrected chi connectivity index (χ0v) is 13.5. The molecule has 9 heteroatoms. The molecule has 0 amide bonds. The van der Waals surface area contributed by atoms with E-state index in [-0.39, 0.29) is 12.0 Å². The zero-order valence-electron chi connectivity index (χ0n) is 13.5. The molecule has 1 saturated heterocycles. The van der Waals surface area contributed by atoms with Gasteiger partial charge in [0.25, 0.3) is 0 Å². The number of anilines is 1. The Bertz CT molecular complexity index is 699. The number of likely N-dealkylation sites (tertiary alicyclic amines) is 1. The summed E-state index contributed by atoms with van der Waals surface area (Å²) in [5, 5.41) is 6.92. The molecule has 1 fully saturated rings. The summed E-state index contributed by atoms with van der Waals surface area (Å²) in [5.41, 5.74) is 1.25. The van der Waals surface area contributed by atoms with E-state index < -0.39 is 11.9 Å². The molecule has 24 heavy (non-hydrogen) atoms. The van der Waals surface area contributed by atoms with Crippen LogP contribution in [0.3, 0.4) is 0 Å². The number of alkyl halides is 3. The third-order valence-corrected chi connectivity index (χ3v) is 4.37. The lowest BCUT2D eigenvalue weighted by Gasteiger charge is -2.25. The topological polar surface area (TPSA) is 60.9 Å². The molecule has 6 nitrogen and oxygen atoms in total. The first-order valence-corrected chi connectivity index (χ1v) is 7.69. The lowest BCUT2D eigenvalue weighted by Crippen LogP contribution is -2.35. The minimum atomic E-state index is -4.46. The quantitative estimate of drug-likeness (QED) is 0.925. The number of rotatable bonds is 4. The van der Waals surface area contributed by atoms with Crippen molar-refractivity contribution in [3.05, 3.63) is 35.4 Å². The lowest BCUT2D eigenvalue weighted by molar-refractivity contribution is -0.141. The van der Waals surface area contributed by atoms with Crippen LogP contribution in [0.1, 0.15) is 23.4 Å². The van der Waals surface area contributed by atoms with Crippen LogP contribution in [0.4, 0.5) is 19.1 Å². The molecule has 1 aliphatic rings. The number of aromatic amines is 1. The van der Waals surface area contributed by atoms with Gasteiger partial charge in [-0.1, -0.05) is 0 Å². The number of hydrogen-bond donors (Lipinski definition) is 1. The molecule has 1 unspecified atom stereocenters. The first-order chi connectivity index (χ1) is 11.3. The molecule has 2 aromatic heterocycles. The van der Waals surface area contributed by atoms with Crippen molar-refractivity contribution in [1.82, 2.24) is 25.1 Å². The maximum absolute atomic E-state index is 12.8. The summed E-state index contributed by atoms with van der Waals surface area (Å²) in [6.45, 7) is 4.37. The van der Waals surface area contributed by atoms with E-state index >= 15 is 0 Å². The van der Waals surface area contributed by atoms with Crippen LogP contribution in [0.5, 0.6) is 0 Å². The number of hydrogen-bond acceptors (Lipinski definition) is 5. The molecule has 0 aromatic carbocycles. The van der Waals surface area contributed by atoms with Gasteiger partial charge in [0.15, 0.2) is 0 Å². The van der Waals surface area contributed by atoms with Gasteiger partial charge < -0.3 is 4.90 Å². The Morgan fingerprint density at radius 1 is 1.42 bits per heavy atom. The van der Waals surface area contributed by atoms with E-state index in [1.54, 1.807) is 11.9 Å². The number of H-pyrrole nitrogens is 1. The van der Waals surface area contributed by atoms with Crippen molar-refractivity contribution in [3.8, 4) is 0 Å². The Morgan fingerprint density at radius 2 is 2.21 bits per heavy atom. The average Bonchev–Trinajstić information content (AvgIpc) is 3.16. The molecule has 0 radical (unpaired) electrons. The van der Waals surface area contributed by atoms with Gasteiger partial charge in [-0.15, -0.1) is 0 Å². The van der Waals surface area contributed by atoms with E-state index in [2.05, 4.69) is 25.1 Å². The summed E-state index contributed by atoms with van der Waals surface area (Å²) >= 11 is 0. The summed E-state index contributed by atoms with van der Waals surface area (Å²) in [6, 6.07) is 0.973. The van der Waals surface area contributed by atoms with Gasteiger partial charge in [-0.2, -0.15) is 18.3 Å². The van der Waals surface area contributed by atoms with Crippen molar-refractivity contribution in [2.24, 2.45) is 0 Å². The van der Waals surface area contributed by atoms with Crippen LogP contribution in [0.2, 0.25) is 0 Å². The van der Waals surface area contributed by atoms with Crippen molar-refractivity contribution in [2.45, 2.75) is 32.1 Å². The SMILES string of the molecule is Cc1[nH]ncc1CN1CCC(N(C)c2nccc(C(F)(F)F)n2)C1. The Morgan fingerprint density at radius 3 is 2.88 bits per heavy atom. The molecule has 2 aromatic rings. The van der Waals surface area contributed by atoms with Crippen molar-refractivity contribution >= 4 is 5.95 Å². The molecule has 0 saturated carbocycles. The second kappa shape index (κ2) is 6.39. The molecule has 3 rings (SSSR count). The van der Waals surface area contributed by atoms with Crippen LogP contribution in [-0.2, 0) is 12.7 Å². The highest BCUT2D eigenvalue weighted by Crippen LogP contribution is 2.29. The van der Waals surface area contributed by atoms with Crippen molar-refractivity contribution in [3.63, 3.8) is 0 Å². The molecule has 130 valence electrons. The van der Waals surface area contributed by atoms with E-state index in [4.69, 9.17) is 0 Å². The van der Waals surface area contributed by atoms with Gasteiger partial charge in [0.05, 0.1) is 6.20 Å². The fourth-order valence-corrected chi connectivity index (χ4v) is 2.89. The van der Waals surface area contributed by atoms with Gasteiger partial charge >= 0.3 is 6.18 Å². The van der Waals surface area contributed by atoms with Gasteiger partial charge in [0.1, 0.15) is 5.69 Å². The first kappa shape index (κ1) is 16.7. The third-order valence-electron chi connectivity index (χ3n) is 4.37. The number of aryl methyl sites for hydroxylation is 1. The number of halogens is 3. The largest absolute Gasteiger partial charge is 0.433 e. The number of aromatic nitrogens is 4. The van der Waals surface area contributed by atoms with E-state index in [0.29, 0.717) is 0 Å². The summed E-state index contributed by atoms with van der Waals surface area (Å²) in [7, 11) is 1.74. The number of likely N-dealkylation sites (N-methyl/N-ethyl adjacent to an activating group) is 1. The van der Waals surface area contributed by atoms with Gasteiger partial charge in [-0.05, 0) is 19.4 Å². The van der Waals surface area contributed by atoms with Crippen molar-refractivity contribution in [2.75, 3.05) is 25.0 Å². The van der Waals surface area contributed by atoms with Gasteiger partial charge in [0.2, 0.25) is 5.95 Å². The van der Waals surface area contributed by atoms with E-state index in [1.807, 2.05) is 13.1 Å². The van der Waals surface area contributed by atoms with E-state index in [9.17, 15) is 13.2 Å². The molecule has 1 N–H and O–H groups in total. The van der Waals surface area contributed by atoms with Crippen molar-refractivity contribution < 1.29 is 13.2 Å². The van der Waals surface area contributed by atoms with Crippen molar-refractivity contribution in [1.29, 1.82) is 0 Å². The first-order valence-electron chi connectivity index (χ1n) is 7.69. The standard InChI is InChI=1S/C15H19F3N6/c1-10-11(7-20-22-10)8-24-6-4-12(9-24)23(2)14-19-5-3-13(21-14)15(16,17)18/h3,5,7,12H,4,6,8-9H2,1-2H3,(H,20,22). The molecule has 0 bridgehead atoms. The Hall–Kier alpha value is -2.16. The smallest absolute Gasteiger partial charge is 0.340 e. The van der Waals surface area contributed by atoms with Crippen LogP contribution in [0.15, 0.2) is 18.5 Å². The predicted octanol–water partition coefficient (Wildman–Crippen LogP) is 2.24. The second-order valence-electron chi connectivity index (χ2n) is 6.05. The third kappa shape index (κ3) is 3.50. The van der Waals surface area contributed by atoms with E-state index in [1.165, 1.54) is 0 Å². The van der Waals surface area contributed by atoms with E-state index in [0.717, 1.165) is 49.6 Å². The monoisotopic (exact) mass is 340 g/mol. The normalized spacial score (nSPS) is 19.0. The summed E-state index contributed by atoms with van der Waals surface area (Å²) < 4.78 is 38.4. The minimum absolute atomic E-state index is 0.0840. The fraction of sp³-hybridized carbons (Fsp3) is 0.533. The van der Waals surface area contributed by atoms with Crippen LogP contribution >= 0.6 is 0 Å². The van der Waals surface area contributed by atoms with Crippen LogP contribution < -0.4 is 4.90 Å². The van der Waals surface area contributed by atoms with Gasteiger partial charge in [-0.3, -0.25) is 10.00 Å². The second-order valence-corrected chi connectivity index (χ2v) is 6.05. The van der Waals surface area contributed by atoms with Crippen LogP contribution in [0, 0.1) is 6.92 Å². The highest BCUT2D eigenvalue weighted by Gasteiger charge is 2.34. The molecule has 1 aliphatic heterocycles. The van der Waals surface area contributed by atoms with Crippen LogP contribution in [0.25, 0.3) is 0 Å². The number of nitrogens with one attached hydrogen (secondary N) is 1. The summed E-state index contributed by atoms with van der Waals surface area (Å²) in [6.07, 6.45) is -0.641. The van der Waals surface area contributed by atoms with Gasteiger partial charge in [-0.25, -0.2) is 9.97 Å². The minimum Gasteiger partial charge on any atom is -0.340 e. The van der Waals surface area contributed by atoms with Crippen LogP contribution in [-0.4, -0.2) is 51.2 Å². The Balaban J connectivity index is 1.66. The summed E-state index contributed by atoms with van der Waals surface area (Å²) in [4.78, 5) is 11.6. The Kier molecular flexibility index (Phi) is 4.44. The van der Waals surface area contributed by atoms with Gasteiger partial charge in [0, 0.05) is 50.2 Å². The molecular weight excluding hydrogens is 321 g/mol. The predicted molar refractivity (Wildman–Crippen MR) is 82.4 cm³/mol. The fourth-order valence-electron chi connectivity index (χ4n) is 2.89. The highest BCUT2D eigenvalue weighted by atomic mass is 19.4. The number of nitrogens with zero attached hydrogens (tertiary/aromatic N) is 5. The molecule has 1 atom stereocenters. The maximum atomic E-state index is 12.8. The Labute approximate surface area is 137 Å². The maximum Gasteiger partial charge on any atom is 0.433 e. The molecule has 0 spiro atoms. The summed E-state index contributed by atoms with van der Waals surface area (Å²) in [5.74, 6) is 0.108.